The standard InChI is InChI=1S/C21H11Br2F4NOS/c22-11-1-3-15-10(5-11)6-16-19-14(24)7-12(23)8-17(19)29-20(28(15)16)18-4-2-13(30-18)9-21(25,26)27/h1-8,20H,9H2. The van der Waals surface area contributed by atoms with Gasteiger partial charge in [0.05, 0.1) is 28.1 Å². The number of alkyl halides is 3. The first-order valence-electron chi connectivity index (χ1n) is 8.81. The number of thiophene rings is 1. The zero-order valence-electron chi connectivity index (χ0n) is 14.9. The van der Waals surface area contributed by atoms with Crippen LogP contribution in [0.25, 0.3) is 22.2 Å². The van der Waals surface area contributed by atoms with Crippen molar-refractivity contribution in [1.29, 1.82) is 0 Å². The highest BCUT2D eigenvalue weighted by Crippen LogP contribution is 2.47. The predicted octanol–water partition coefficient (Wildman–Crippen LogP) is 8.08. The van der Waals surface area contributed by atoms with Gasteiger partial charge in [-0.1, -0.05) is 31.9 Å². The third-order valence-corrected chi connectivity index (χ3v) is 6.92. The van der Waals surface area contributed by atoms with Gasteiger partial charge in [-0.3, -0.25) is 4.57 Å². The second kappa shape index (κ2) is 7.10. The Morgan fingerprint density at radius 3 is 2.57 bits per heavy atom. The summed E-state index contributed by atoms with van der Waals surface area (Å²) in [5.41, 5.74) is 1.75. The van der Waals surface area contributed by atoms with Crippen LogP contribution in [0.4, 0.5) is 17.6 Å². The van der Waals surface area contributed by atoms with Gasteiger partial charge in [0.25, 0.3) is 0 Å². The number of hydrogen-bond acceptors (Lipinski definition) is 2. The lowest BCUT2D eigenvalue weighted by atomic mass is 10.1. The van der Waals surface area contributed by atoms with E-state index in [0.717, 1.165) is 26.7 Å². The molecule has 1 unspecified atom stereocenters. The molecule has 1 atom stereocenters. The van der Waals surface area contributed by atoms with Crippen molar-refractivity contribution < 1.29 is 22.3 Å². The average Bonchev–Trinajstić information content (AvgIpc) is 3.22. The van der Waals surface area contributed by atoms with Gasteiger partial charge < -0.3 is 4.74 Å². The van der Waals surface area contributed by atoms with Crippen molar-refractivity contribution in [3.8, 4) is 17.0 Å². The van der Waals surface area contributed by atoms with E-state index >= 15 is 0 Å². The zero-order valence-corrected chi connectivity index (χ0v) is 18.9. The quantitative estimate of drug-likeness (QED) is 0.226. The van der Waals surface area contributed by atoms with Gasteiger partial charge in [0.15, 0.2) is 0 Å². The summed E-state index contributed by atoms with van der Waals surface area (Å²) in [4.78, 5) is 0.815. The second-order valence-electron chi connectivity index (χ2n) is 6.93. The summed E-state index contributed by atoms with van der Waals surface area (Å²) in [7, 11) is 0. The van der Waals surface area contributed by atoms with Crippen LogP contribution >= 0.6 is 43.2 Å². The molecule has 1 aliphatic heterocycles. The third kappa shape index (κ3) is 3.46. The molecule has 0 radical (unpaired) electrons. The molecule has 4 aromatic rings. The molecule has 5 rings (SSSR count). The normalized spacial score (nSPS) is 15.7. The minimum atomic E-state index is -4.28. The largest absolute Gasteiger partial charge is 0.464 e. The highest BCUT2D eigenvalue weighted by atomic mass is 79.9. The van der Waals surface area contributed by atoms with Gasteiger partial charge in [-0.15, -0.1) is 11.3 Å². The van der Waals surface area contributed by atoms with E-state index in [1.165, 1.54) is 12.1 Å². The van der Waals surface area contributed by atoms with E-state index in [4.69, 9.17) is 4.74 Å². The van der Waals surface area contributed by atoms with Crippen LogP contribution < -0.4 is 4.74 Å². The highest BCUT2D eigenvalue weighted by Gasteiger charge is 2.34. The van der Waals surface area contributed by atoms with Gasteiger partial charge in [0.1, 0.15) is 11.6 Å². The summed E-state index contributed by atoms with van der Waals surface area (Å²) in [6, 6.07) is 13.7. The van der Waals surface area contributed by atoms with Crippen LogP contribution in [-0.2, 0) is 6.42 Å². The Bertz CT molecular complexity index is 1290. The number of halogens is 6. The van der Waals surface area contributed by atoms with Crippen molar-refractivity contribution in [1.82, 2.24) is 4.57 Å². The second-order valence-corrected chi connectivity index (χ2v) is 9.96. The molecule has 2 aromatic carbocycles. The highest BCUT2D eigenvalue weighted by molar-refractivity contribution is 9.10. The molecule has 0 spiro atoms. The van der Waals surface area contributed by atoms with E-state index in [2.05, 4.69) is 31.9 Å². The number of fused-ring (bicyclic) bond motifs is 5. The van der Waals surface area contributed by atoms with Gasteiger partial charge in [0.2, 0.25) is 6.23 Å². The molecule has 0 aliphatic carbocycles. The fourth-order valence-electron chi connectivity index (χ4n) is 3.72. The molecule has 2 nitrogen and oxygen atoms in total. The Balaban J connectivity index is 1.72. The molecule has 0 fully saturated rings. The van der Waals surface area contributed by atoms with E-state index in [1.807, 2.05) is 28.8 Å². The van der Waals surface area contributed by atoms with Crippen molar-refractivity contribution >= 4 is 54.1 Å². The maximum absolute atomic E-state index is 14.9. The number of aromatic nitrogens is 1. The molecule has 2 aromatic heterocycles. The van der Waals surface area contributed by atoms with E-state index in [-0.39, 0.29) is 4.88 Å². The average molecular weight is 561 g/mol. The molecule has 30 heavy (non-hydrogen) atoms. The number of nitrogens with zero attached hydrogens (tertiary/aromatic N) is 1. The van der Waals surface area contributed by atoms with Crippen LogP contribution in [0.2, 0.25) is 0 Å². The molecule has 3 heterocycles. The lowest BCUT2D eigenvalue weighted by molar-refractivity contribution is -0.126. The molecule has 0 amide bonds. The lowest BCUT2D eigenvalue weighted by Gasteiger charge is -2.29. The zero-order chi connectivity index (χ0) is 21.2. The molecule has 1 aliphatic rings. The molecule has 0 N–H and O–H groups in total. The van der Waals surface area contributed by atoms with Crippen molar-refractivity contribution in [2.24, 2.45) is 0 Å². The summed E-state index contributed by atoms with van der Waals surface area (Å²) in [5.74, 6) is -0.100. The van der Waals surface area contributed by atoms with Gasteiger partial charge in [-0.25, -0.2) is 4.39 Å². The van der Waals surface area contributed by atoms with Gasteiger partial charge >= 0.3 is 6.18 Å². The minimum absolute atomic E-state index is 0.202. The van der Waals surface area contributed by atoms with Gasteiger partial charge in [0, 0.05) is 19.2 Å². The SMILES string of the molecule is Fc1cc(Br)cc2c1-c1cc3cc(Br)ccc3n1C(c1ccc(CC(F)(F)F)s1)O2. The fourth-order valence-corrected chi connectivity index (χ4v) is 5.57. The first kappa shape index (κ1) is 20.1. The maximum atomic E-state index is 14.9. The Hall–Kier alpha value is -1.84. The van der Waals surface area contributed by atoms with Crippen LogP contribution in [-0.4, -0.2) is 10.7 Å². The van der Waals surface area contributed by atoms with E-state index in [1.54, 1.807) is 12.1 Å². The first-order chi connectivity index (χ1) is 14.2. The van der Waals surface area contributed by atoms with Crippen molar-refractivity contribution in [3.63, 3.8) is 0 Å². The summed E-state index contributed by atoms with van der Waals surface area (Å²) in [6.45, 7) is 0. The Kier molecular flexibility index (Phi) is 4.75. The number of ether oxygens (including phenoxy) is 1. The Labute approximate surface area is 189 Å². The Morgan fingerprint density at radius 1 is 1.00 bits per heavy atom. The molecular formula is C21H11Br2F4NOS. The lowest BCUT2D eigenvalue weighted by Crippen LogP contribution is -2.22. The van der Waals surface area contributed by atoms with Crippen LogP contribution in [0.15, 0.2) is 57.5 Å². The topological polar surface area (TPSA) is 14.2 Å². The van der Waals surface area contributed by atoms with Crippen LogP contribution in [0.3, 0.4) is 0 Å². The van der Waals surface area contributed by atoms with Crippen molar-refractivity contribution in [3.05, 3.63) is 73.0 Å². The first-order valence-corrected chi connectivity index (χ1v) is 11.2. The molecule has 9 heteroatoms. The monoisotopic (exact) mass is 559 g/mol. The Morgan fingerprint density at radius 2 is 1.80 bits per heavy atom. The van der Waals surface area contributed by atoms with Crippen LogP contribution in [0.5, 0.6) is 5.75 Å². The number of benzene rings is 2. The van der Waals surface area contributed by atoms with Crippen molar-refractivity contribution in [2.45, 2.75) is 18.8 Å². The van der Waals surface area contributed by atoms with Crippen molar-refractivity contribution in [2.75, 3.05) is 0 Å². The minimum Gasteiger partial charge on any atom is -0.464 e. The van der Waals surface area contributed by atoms with Gasteiger partial charge in [-0.2, -0.15) is 13.2 Å². The summed E-state index contributed by atoms with van der Waals surface area (Å²) in [5, 5.41) is 0.871. The van der Waals surface area contributed by atoms with E-state index < -0.39 is 24.6 Å². The number of rotatable bonds is 2. The molecule has 154 valence electrons. The summed E-state index contributed by atoms with van der Waals surface area (Å²) < 4.78 is 62.8. The summed E-state index contributed by atoms with van der Waals surface area (Å²) in [6.07, 6.45) is -5.98. The summed E-state index contributed by atoms with van der Waals surface area (Å²) >= 11 is 7.78. The molecular weight excluding hydrogens is 550 g/mol. The molecule has 0 saturated heterocycles. The number of hydrogen-bond donors (Lipinski definition) is 0. The fraction of sp³-hybridized carbons (Fsp3) is 0.143. The van der Waals surface area contributed by atoms with E-state index in [0.29, 0.717) is 26.4 Å². The van der Waals surface area contributed by atoms with Crippen LogP contribution in [0, 0.1) is 5.82 Å². The smallest absolute Gasteiger partial charge is 0.393 e. The molecule has 0 bridgehead atoms. The maximum Gasteiger partial charge on any atom is 0.393 e. The van der Waals surface area contributed by atoms with Crippen LogP contribution in [0.1, 0.15) is 16.0 Å². The predicted molar refractivity (Wildman–Crippen MR) is 116 cm³/mol. The van der Waals surface area contributed by atoms with E-state index in [9.17, 15) is 17.6 Å². The molecule has 0 saturated carbocycles. The third-order valence-electron chi connectivity index (χ3n) is 4.85. The van der Waals surface area contributed by atoms with Gasteiger partial charge in [-0.05, 0) is 48.5 Å².